The van der Waals surface area contributed by atoms with E-state index in [2.05, 4.69) is 10.3 Å². The molecule has 24 heavy (non-hydrogen) atoms. The van der Waals surface area contributed by atoms with Gasteiger partial charge in [-0.05, 0) is 37.1 Å². The lowest BCUT2D eigenvalue weighted by atomic mass is 10.2. The van der Waals surface area contributed by atoms with E-state index >= 15 is 0 Å². The molecule has 1 aromatic carbocycles. The molecule has 0 spiro atoms. The summed E-state index contributed by atoms with van der Waals surface area (Å²) >= 11 is 0. The Bertz CT molecular complexity index is 674. The van der Waals surface area contributed by atoms with Crippen molar-refractivity contribution in [2.75, 3.05) is 6.54 Å². The zero-order valence-electron chi connectivity index (χ0n) is 13.3. The number of benzene rings is 1. The number of amides is 1. The number of unbranched alkanes of at least 4 members (excludes halogenated alkanes) is 1. The van der Waals surface area contributed by atoms with Crippen LogP contribution in [0.15, 0.2) is 48.8 Å². The predicted octanol–water partition coefficient (Wildman–Crippen LogP) is 2.65. The maximum absolute atomic E-state index is 12.1. The second kappa shape index (κ2) is 9.29. The second-order valence-corrected chi connectivity index (χ2v) is 5.28. The minimum Gasteiger partial charge on any atom is -0.489 e. The molecule has 2 N–H and O–H groups in total. The van der Waals surface area contributed by atoms with Crippen LogP contribution >= 0.6 is 0 Å². The molecule has 0 saturated heterocycles. The summed E-state index contributed by atoms with van der Waals surface area (Å²) in [6.07, 6.45) is 4.73. The molecule has 1 amide bonds. The quantitative estimate of drug-likeness (QED) is 0.691. The lowest BCUT2D eigenvalue weighted by molar-refractivity contribution is -0.137. The highest BCUT2D eigenvalue weighted by atomic mass is 16.5. The van der Waals surface area contributed by atoms with E-state index in [-0.39, 0.29) is 12.3 Å². The van der Waals surface area contributed by atoms with E-state index in [1.54, 1.807) is 36.7 Å². The van der Waals surface area contributed by atoms with Crippen molar-refractivity contribution < 1.29 is 19.4 Å². The van der Waals surface area contributed by atoms with Gasteiger partial charge in [0.25, 0.3) is 5.91 Å². The Morgan fingerprint density at radius 2 is 2.04 bits per heavy atom. The van der Waals surface area contributed by atoms with E-state index in [1.165, 1.54) is 0 Å². The van der Waals surface area contributed by atoms with Crippen LogP contribution < -0.4 is 10.1 Å². The molecule has 0 bridgehead atoms. The highest BCUT2D eigenvalue weighted by molar-refractivity contribution is 5.94. The summed E-state index contributed by atoms with van der Waals surface area (Å²) in [5, 5.41) is 11.3. The third-order valence-corrected chi connectivity index (χ3v) is 3.33. The highest BCUT2D eigenvalue weighted by Crippen LogP contribution is 2.15. The monoisotopic (exact) mass is 328 g/mol. The van der Waals surface area contributed by atoms with E-state index in [1.807, 2.05) is 12.1 Å². The zero-order valence-corrected chi connectivity index (χ0v) is 13.3. The number of aromatic nitrogens is 1. The second-order valence-electron chi connectivity index (χ2n) is 5.28. The maximum atomic E-state index is 12.1. The average molecular weight is 328 g/mol. The molecule has 0 radical (unpaired) electrons. The Morgan fingerprint density at radius 3 is 2.79 bits per heavy atom. The highest BCUT2D eigenvalue weighted by Gasteiger charge is 2.06. The van der Waals surface area contributed by atoms with Gasteiger partial charge < -0.3 is 15.2 Å². The largest absolute Gasteiger partial charge is 0.489 e. The molecule has 6 nitrogen and oxygen atoms in total. The minimum absolute atomic E-state index is 0.119. The van der Waals surface area contributed by atoms with E-state index in [0.29, 0.717) is 37.3 Å². The normalized spacial score (nSPS) is 10.2. The molecule has 2 aromatic rings. The number of carbonyl (C=O) groups excluding carboxylic acids is 1. The molecule has 0 saturated carbocycles. The summed E-state index contributed by atoms with van der Waals surface area (Å²) in [5.41, 5.74) is 1.46. The number of pyridine rings is 1. The van der Waals surface area contributed by atoms with Crippen molar-refractivity contribution in [3.63, 3.8) is 0 Å². The number of rotatable bonds is 9. The molecular weight excluding hydrogens is 308 g/mol. The van der Waals surface area contributed by atoms with Crippen molar-refractivity contribution in [1.82, 2.24) is 10.3 Å². The number of aliphatic carboxylic acids is 1. The number of nitrogens with zero attached hydrogens (tertiary/aromatic N) is 1. The standard InChI is InChI=1S/C18H20N2O4/c21-17(22)8-1-2-10-20-18(23)15-6-3-7-16(11-15)24-13-14-5-4-9-19-12-14/h3-7,9,11-12H,1-2,8,10,13H2,(H,20,23)(H,21,22). The SMILES string of the molecule is O=C(O)CCCCNC(=O)c1cccc(OCc2cccnc2)c1. The van der Waals surface area contributed by atoms with Gasteiger partial charge in [0.2, 0.25) is 0 Å². The van der Waals surface area contributed by atoms with Crippen LogP contribution in [0.5, 0.6) is 5.75 Å². The molecule has 6 heteroatoms. The minimum atomic E-state index is -0.820. The van der Waals surface area contributed by atoms with Crippen LogP contribution in [0, 0.1) is 0 Å². The van der Waals surface area contributed by atoms with Crippen molar-refractivity contribution in [1.29, 1.82) is 0 Å². The van der Waals surface area contributed by atoms with E-state index in [4.69, 9.17) is 9.84 Å². The molecule has 0 unspecified atom stereocenters. The van der Waals surface area contributed by atoms with Crippen molar-refractivity contribution in [3.05, 3.63) is 59.9 Å². The van der Waals surface area contributed by atoms with Crippen LogP contribution in [0.2, 0.25) is 0 Å². The third kappa shape index (κ3) is 6.08. The van der Waals surface area contributed by atoms with Crippen LogP contribution in [0.4, 0.5) is 0 Å². The molecular formula is C18H20N2O4. The topological polar surface area (TPSA) is 88.5 Å². The third-order valence-electron chi connectivity index (χ3n) is 3.33. The van der Waals surface area contributed by atoms with Crippen molar-refractivity contribution in [3.8, 4) is 5.75 Å². The average Bonchev–Trinajstić information content (AvgIpc) is 2.60. The molecule has 0 aliphatic rings. The first kappa shape index (κ1) is 17.5. The fourth-order valence-corrected chi connectivity index (χ4v) is 2.08. The molecule has 0 aliphatic carbocycles. The summed E-state index contributed by atoms with van der Waals surface area (Å²) < 4.78 is 5.67. The first-order valence-corrected chi connectivity index (χ1v) is 7.77. The summed E-state index contributed by atoms with van der Waals surface area (Å²) in [5.74, 6) is -0.408. The van der Waals surface area contributed by atoms with Gasteiger partial charge in [0, 0.05) is 36.5 Å². The number of carboxylic acids is 1. The van der Waals surface area contributed by atoms with Crippen molar-refractivity contribution >= 4 is 11.9 Å². The molecule has 0 fully saturated rings. The van der Waals surface area contributed by atoms with Gasteiger partial charge in [-0.25, -0.2) is 0 Å². The van der Waals surface area contributed by atoms with Crippen LogP contribution in [0.3, 0.4) is 0 Å². The Kier molecular flexibility index (Phi) is 6.76. The smallest absolute Gasteiger partial charge is 0.303 e. The number of carboxylic acid groups (broad SMARTS) is 1. The summed E-state index contributed by atoms with van der Waals surface area (Å²) in [6, 6.07) is 10.7. The van der Waals surface area contributed by atoms with Gasteiger partial charge in [0.05, 0.1) is 0 Å². The van der Waals surface area contributed by atoms with E-state index in [9.17, 15) is 9.59 Å². The molecule has 2 rings (SSSR count). The van der Waals surface area contributed by atoms with Gasteiger partial charge in [-0.1, -0.05) is 12.1 Å². The molecule has 0 aliphatic heterocycles. The number of nitrogens with one attached hydrogen (secondary N) is 1. The maximum Gasteiger partial charge on any atom is 0.303 e. The van der Waals surface area contributed by atoms with Gasteiger partial charge in [0.1, 0.15) is 12.4 Å². The first-order valence-electron chi connectivity index (χ1n) is 7.77. The van der Waals surface area contributed by atoms with Gasteiger partial charge in [-0.15, -0.1) is 0 Å². The molecule has 0 atom stereocenters. The van der Waals surface area contributed by atoms with Crippen LogP contribution in [0.1, 0.15) is 35.2 Å². The van der Waals surface area contributed by atoms with Crippen LogP contribution in [-0.4, -0.2) is 28.5 Å². The van der Waals surface area contributed by atoms with Crippen molar-refractivity contribution in [2.45, 2.75) is 25.9 Å². The fourth-order valence-electron chi connectivity index (χ4n) is 2.08. The lowest BCUT2D eigenvalue weighted by Gasteiger charge is -2.08. The van der Waals surface area contributed by atoms with Crippen LogP contribution in [-0.2, 0) is 11.4 Å². The van der Waals surface area contributed by atoms with Crippen LogP contribution in [0.25, 0.3) is 0 Å². The summed E-state index contributed by atoms with van der Waals surface area (Å²) in [4.78, 5) is 26.5. The molecule has 126 valence electrons. The van der Waals surface area contributed by atoms with Gasteiger partial charge in [0.15, 0.2) is 0 Å². The zero-order chi connectivity index (χ0) is 17.2. The van der Waals surface area contributed by atoms with Gasteiger partial charge in [-0.3, -0.25) is 14.6 Å². The van der Waals surface area contributed by atoms with Gasteiger partial charge >= 0.3 is 5.97 Å². The number of hydrogen-bond donors (Lipinski definition) is 2. The number of hydrogen-bond acceptors (Lipinski definition) is 4. The number of ether oxygens (including phenoxy) is 1. The van der Waals surface area contributed by atoms with E-state index in [0.717, 1.165) is 5.56 Å². The molecule has 1 aromatic heterocycles. The summed E-state index contributed by atoms with van der Waals surface area (Å²) in [7, 11) is 0. The van der Waals surface area contributed by atoms with Gasteiger partial charge in [-0.2, -0.15) is 0 Å². The van der Waals surface area contributed by atoms with Crippen molar-refractivity contribution in [2.24, 2.45) is 0 Å². The fraction of sp³-hybridized carbons (Fsp3) is 0.278. The predicted molar refractivity (Wildman–Crippen MR) is 88.8 cm³/mol. The van der Waals surface area contributed by atoms with E-state index < -0.39 is 5.97 Å². The summed E-state index contributed by atoms with van der Waals surface area (Å²) in [6.45, 7) is 0.834. The lowest BCUT2D eigenvalue weighted by Crippen LogP contribution is -2.24. The molecule has 1 heterocycles. The Labute approximate surface area is 140 Å². The Hall–Kier alpha value is -2.89. The Balaban J connectivity index is 1.80. The Morgan fingerprint density at radius 1 is 1.17 bits per heavy atom. The number of carbonyl (C=O) groups is 2. The first-order chi connectivity index (χ1) is 11.6.